The van der Waals surface area contributed by atoms with Gasteiger partial charge in [-0.15, -0.1) is 0 Å². The number of rotatable bonds is 5. The minimum Gasteiger partial charge on any atom is -0.484 e. The molecule has 0 atom stereocenters. The van der Waals surface area contributed by atoms with E-state index in [1.165, 1.54) is 10.2 Å². The van der Waals surface area contributed by atoms with E-state index in [0.717, 1.165) is 26.8 Å². The number of aromatic nitrogens is 4. The molecule has 154 valence electrons. The van der Waals surface area contributed by atoms with Crippen molar-refractivity contribution in [2.45, 2.75) is 27.4 Å². The number of carbonyl (C=O) groups excluding carboxylic acids is 1. The molecule has 0 spiro atoms. The highest BCUT2D eigenvalue weighted by atomic mass is 79.9. The van der Waals surface area contributed by atoms with Crippen molar-refractivity contribution in [3.05, 3.63) is 68.3 Å². The van der Waals surface area contributed by atoms with Crippen molar-refractivity contribution in [3.8, 4) is 11.4 Å². The summed E-state index contributed by atoms with van der Waals surface area (Å²) >= 11 is 8.62. The van der Waals surface area contributed by atoms with Gasteiger partial charge < -0.3 is 15.1 Å². The molecule has 4 rings (SSSR count). The van der Waals surface area contributed by atoms with E-state index in [-0.39, 0.29) is 12.4 Å². The molecule has 2 aromatic carbocycles. The van der Waals surface area contributed by atoms with Crippen LogP contribution in [-0.4, -0.2) is 25.2 Å². The van der Waals surface area contributed by atoms with E-state index in [1.807, 2.05) is 38.1 Å². The molecule has 0 amide bonds. The van der Waals surface area contributed by atoms with E-state index in [1.54, 1.807) is 6.92 Å². The van der Waals surface area contributed by atoms with E-state index in [9.17, 15) is 4.79 Å². The predicted octanol–water partition coefficient (Wildman–Crippen LogP) is 4.76. The number of aryl methyl sites for hydroxylation is 1. The number of carbonyl (C=O) groups is 1. The third-order valence-electron chi connectivity index (χ3n) is 5.04. The molecular formula is C21H20BrN5O2S. The lowest BCUT2D eigenvalue weighted by Gasteiger charge is -2.11. The second kappa shape index (κ2) is 7.73. The number of H-pyrrole nitrogens is 1. The zero-order valence-electron chi connectivity index (χ0n) is 16.7. The molecule has 2 heterocycles. The molecule has 0 bridgehead atoms. The lowest BCUT2D eigenvalue weighted by Crippen LogP contribution is -2.14. The molecule has 0 aliphatic heterocycles. The Balaban J connectivity index is 1.84. The average molecular weight is 486 g/mol. The number of hydrogen-bond donors (Lipinski definition) is 2. The van der Waals surface area contributed by atoms with E-state index in [0.29, 0.717) is 21.9 Å². The first-order chi connectivity index (χ1) is 14.3. The number of nitrogens with zero attached hydrogens (tertiary/aromatic N) is 3. The lowest BCUT2D eigenvalue weighted by atomic mass is 10.1. The maximum absolute atomic E-state index is 12.5. The van der Waals surface area contributed by atoms with Crippen molar-refractivity contribution in [1.82, 2.24) is 19.4 Å². The highest BCUT2D eigenvalue weighted by Gasteiger charge is 2.21. The molecular weight excluding hydrogens is 466 g/mol. The van der Waals surface area contributed by atoms with E-state index in [4.69, 9.17) is 22.8 Å². The van der Waals surface area contributed by atoms with E-state index < -0.39 is 0 Å². The summed E-state index contributed by atoms with van der Waals surface area (Å²) in [5.41, 5.74) is 4.64. The number of nitrogen functional groups attached to an aromatic ring is 1. The third kappa shape index (κ3) is 3.44. The van der Waals surface area contributed by atoms with Gasteiger partial charge in [0.1, 0.15) is 12.4 Å². The van der Waals surface area contributed by atoms with Gasteiger partial charge in [0.25, 0.3) is 0 Å². The third-order valence-corrected chi connectivity index (χ3v) is 5.94. The fraction of sp³-hybridized carbons (Fsp3) is 0.190. The largest absolute Gasteiger partial charge is 0.484 e. The Kier molecular flexibility index (Phi) is 5.25. The SMILES string of the molecule is CC(=O)c1c(C)n(-c2ccc(C)cc2)c2cc(Br)c(OCc3n[nH]c(=S)n3N)cc12. The van der Waals surface area contributed by atoms with Crippen LogP contribution in [0.15, 0.2) is 40.9 Å². The quantitative estimate of drug-likeness (QED) is 0.241. The number of ketones is 1. The summed E-state index contributed by atoms with van der Waals surface area (Å²) in [7, 11) is 0. The van der Waals surface area contributed by atoms with Crippen LogP contribution in [0.25, 0.3) is 16.6 Å². The molecule has 0 saturated heterocycles. The molecule has 0 unspecified atom stereocenters. The standard InChI is InChI=1S/C21H20BrN5O2S/c1-11-4-6-14(7-5-11)26-12(2)20(13(3)28)15-8-18(16(22)9-17(15)26)29-10-19-24-25-21(30)27(19)23/h4-9H,10,23H2,1-3H3,(H,25,30). The van der Waals surface area contributed by atoms with Gasteiger partial charge in [-0.1, -0.05) is 17.7 Å². The molecule has 30 heavy (non-hydrogen) atoms. The fourth-order valence-corrected chi connectivity index (χ4v) is 4.18. The average Bonchev–Trinajstić information content (AvgIpc) is 3.16. The normalized spacial score (nSPS) is 11.2. The van der Waals surface area contributed by atoms with Crippen LogP contribution >= 0.6 is 28.1 Å². The number of nitrogens with one attached hydrogen (secondary N) is 1. The molecule has 0 aliphatic rings. The Morgan fingerprint density at radius 2 is 1.97 bits per heavy atom. The number of hydrogen-bond acceptors (Lipinski definition) is 5. The summed E-state index contributed by atoms with van der Waals surface area (Å²) in [5.74, 6) is 6.88. The van der Waals surface area contributed by atoms with Gasteiger partial charge in [-0.25, -0.2) is 4.68 Å². The molecule has 2 aromatic heterocycles. The fourth-order valence-electron chi connectivity index (χ4n) is 3.58. The highest BCUT2D eigenvalue weighted by Crippen LogP contribution is 2.37. The molecule has 0 aliphatic carbocycles. The second-order valence-electron chi connectivity index (χ2n) is 7.09. The topological polar surface area (TPSA) is 90.9 Å². The predicted molar refractivity (Wildman–Crippen MR) is 122 cm³/mol. The monoisotopic (exact) mass is 485 g/mol. The van der Waals surface area contributed by atoms with Gasteiger partial charge in [-0.2, -0.15) is 5.10 Å². The number of ether oxygens (including phenoxy) is 1. The number of benzene rings is 2. The van der Waals surface area contributed by atoms with Gasteiger partial charge >= 0.3 is 0 Å². The van der Waals surface area contributed by atoms with Crippen LogP contribution in [-0.2, 0) is 6.61 Å². The van der Waals surface area contributed by atoms with Gasteiger partial charge in [-0.05, 0) is 73.2 Å². The van der Waals surface area contributed by atoms with E-state index in [2.05, 4.69) is 42.8 Å². The number of aromatic amines is 1. The number of fused-ring (bicyclic) bond motifs is 1. The molecule has 4 aromatic rings. The van der Waals surface area contributed by atoms with Crippen LogP contribution < -0.4 is 10.6 Å². The van der Waals surface area contributed by atoms with Crippen molar-refractivity contribution in [2.24, 2.45) is 0 Å². The first kappa shape index (κ1) is 20.4. The molecule has 3 N–H and O–H groups in total. The minimum atomic E-state index is -0.000478. The Morgan fingerprint density at radius 3 is 2.57 bits per heavy atom. The number of halogens is 1. The highest BCUT2D eigenvalue weighted by molar-refractivity contribution is 9.10. The van der Waals surface area contributed by atoms with Crippen LogP contribution in [0.3, 0.4) is 0 Å². The van der Waals surface area contributed by atoms with Crippen molar-refractivity contribution in [1.29, 1.82) is 0 Å². The minimum absolute atomic E-state index is 0.000478. The van der Waals surface area contributed by atoms with Crippen LogP contribution in [0.2, 0.25) is 0 Å². The first-order valence-corrected chi connectivity index (χ1v) is 10.4. The lowest BCUT2D eigenvalue weighted by molar-refractivity contribution is 0.101. The smallest absolute Gasteiger partial charge is 0.214 e. The summed E-state index contributed by atoms with van der Waals surface area (Å²) < 4.78 is 10.4. The van der Waals surface area contributed by atoms with Gasteiger partial charge in [0, 0.05) is 22.3 Å². The molecule has 0 saturated carbocycles. The van der Waals surface area contributed by atoms with Gasteiger partial charge in [0.05, 0.1) is 9.99 Å². The second-order valence-corrected chi connectivity index (χ2v) is 8.33. The van der Waals surface area contributed by atoms with Crippen molar-refractivity contribution >= 4 is 44.8 Å². The zero-order valence-corrected chi connectivity index (χ0v) is 19.1. The maximum atomic E-state index is 12.5. The Morgan fingerprint density at radius 1 is 1.27 bits per heavy atom. The Labute approximate surface area is 186 Å². The number of Topliss-reactive ketones (excluding diaryl/α,β-unsaturated/α-hetero) is 1. The van der Waals surface area contributed by atoms with Crippen molar-refractivity contribution in [2.75, 3.05) is 5.84 Å². The maximum Gasteiger partial charge on any atom is 0.214 e. The zero-order chi connectivity index (χ0) is 21.6. The Hall–Kier alpha value is -2.91. The van der Waals surface area contributed by atoms with Crippen LogP contribution in [0.1, 0.15) is 34.4 Å². The number of nitrogens with two attached hydrogens (primary N) is 1. The summed E-state index contributed by atoms with van der Waals surface area (Å²) in [6.07, 6.45) is 0. The van der Waals surface area contributed by atoms with Gasteiger partial charge in [0.15, 0.2) is 11.6 Å². The molecule has 0 fully saturated rings. The molecule has 0 radical (unpaired) electrons. The summed E-state index contributed by atoms with van der Waals surface area (Å²) in [4.78, 5) is 12.5. The van der Waals surface area contributed by atoms with Crippen LogP contribution in [0.5, 0.6) is 5.75 Å². The van der Waals surface area contributed by atoms with Crippen molar-refractivity contribution in [3.63, 3.8) is 0 Å². The Bertz CT molecular complexity index is 1330. The first-order valence-electron chi connectivity index (χ1n) is 9.24. The van der Waals surface area contributed by atoms with Gasteiger partial charge in [0.2, 0.25) is 4.77 Å². The molecule has 9 heteroatoms. The van der Waals surface area contributed by atoms with Crippen molar-refractivity contribution < 1.29 is 9.53 Å². The molecule has 7 nitrogen and oxygen atoms in total. The van der Waals surface area contributed by atoms with Gasteiger partial charge in [-0.3, -0.25) is 9.89 Å². The van der Waals surface area contributed by atoms with E-state index >= 15 is 0 Å². The van der Waals surface area contributed by atoms with Crippen LogP contribution in [0.4, 0.5) is 0 Å². The summed E-state index contributed by atoms with van der Waals surface area (Å²) in [5, 5.41) is 7.51. The van der Waals surface area contributed by atoms with Crippen LogP contribution in [0, 0.1) is 18.6 Å². The summed E-state index contributed by atoms with van der Waals surface area (Å²) in [6, 6.07) is 12.0. The summed E-state index contributed by atoms with van der Waals surface area (Å²) in [6.45, 7) is 5.71.